The monoisotopic (exact) mass is 619 g/mol. The van der Waals surface area contributed by atoms with Gasteiger partial charge < -0.3 is 29.7 Å². The quantitative estimate of drug-likeness (QED) is 0.398. The highest BCUT2D eigenvalue weighted by atomic mass is 35.5. The number of cyclic esters (lactones) is 1. The Morgan fingerprint density at radius 2 is 1.80 bits per heavy atom. The van der Waals surface area contributed by atoms with Crippen molar-refractivity contribution in [2.45, 2.75) is 49.6 Å². The number of carbonyl (C=O) groups is 4. The SMILES string of the molecule is C[C@H](CO)N1C(=O)[C@@H]2[C@H]3C(=O)N[C@@H](c4ccccc4)COC(=O)CC/C=C\CN(c4ccccc4Cl)C(=O)[C@@H]1[C@]21C=C[C@H]3O1. The number of esters is 1. The summed E-state index contributed by atoms with van der Waals surface area (Å²) >= 11 is 6.57. The number of amides is 3. The van der Waals surface area contributed by atoms with Gasteiger partial charge in [-0.15, -0.1) is 0 Å². The molecule has 0 aromatic heterocycles. The van der Waals surface area contributed by atoms with Gasteiger partial charge in [-0.1, -0.05) is 78.4 Å². The van der Waals surface area contributed by atoms with Crippen LogP contribution in [0.15, 0.2) is 78.9 Å². The summed E-state index contributed by atoms with van der Waals surface area (Å²) in [6.07, 6.45) is 6.73. The van der Waals surface area contributed by atoms with E-state index in [4.69, 9.17) is 21.1 Å². The van der Waals surface area contributed by atoms with Crippen molar-refractivity contribution in [1.82, 2.24) is 10.2 Å². The molecule has 230 valence electrons. The molecule has 0 unspecified atom stereocenters. The average Bonchev–Trinajstić information content (AvgIpc) is 3.68. The number of likely N-dealkylation sites (tertiary alicyclic amines) is 1. The number of hydrogen-bond acceptors (Lipinski definition) is 7. The number of aliphatic hydroxyl groups excluding tert-OH is 1. The van der Waals surface area contributed by atoms with Crippen LogP contribution in [-0.2, 0) is 28.7 Å². The van der Waals surface area contributed by atoms with Gasteiger partial charge in [-0.2, -0.15) is 0 Å². The Kier molecular flexibility index (Phi) is 8.32. The molecule has 4 aliphatic heterocycles. The number of nitrogens with zero attached hydrogens (tertiary/aromatic N) is 2. The van der Waals surface area contributed by atoms with Gasteiger partial charge in [0.2, 0.25) is 11.8 Å². The van der Waals surface area contributed by atoms with Crippen LogP contribution in [0, 0.1) is 11.8 Å². The molecule has 2 saturated heterocycles. The third kappa shape index (κ3) is 5.10. The van der Waals surface area contributed by atoms with E-state index in [-0.39, 0.29) is 19.6 Å². The number of para-hydroxylation sites is 1. The van der Waals surface area contributed by atoms with Crippen LogP contribution in [0.1, 0.15) is 31.4 Å². The Morgan fingerprint density at radius 3 is 2.55 bits per heavy atom. The Hall–Kier alpha value is -3.99. The molecule has 2 aromatic carbocycles. The molecule has 0 aliphatic carbocycles. The number of nitrogens with one attached hydrogen (secondary N) is 1. The molecule has 2 N–H and O–H groups in total. The van der Waals surface area contributed by atoms with Gasteiger partial charge in [0.1, 0.15) is 18.2 Å². The first-order valence-corrected chi connectivity index (χ1v) is 15.2. The van der Waals surface area contributed by atoms with Crippen LogP contribution in [-0.4, -0.2) is 77.2 Å². The number of rotatable bonds is 4. The lowest BCUT2D eigenvalue weighted by Gasteiger charge is -2.38. The molecule has 3 amide bonds. The fourth-order valence-corrected chi connectivity index (χ4v) is 7.03. The number of allylic oxidation sites excluding steroid dienone is 1. The Balaban J connectivity index is 1.45. The van der Waals surface area contributed by atoms with E-state index in [2.05, 4.69) is 5.32 Å². The summed E-state index contributed by atoms with van der Waals surface area (Å²) in [5.41, 5.74) is -0.269. The van der Waals surface area contributed by atoms with Gasteiger partial charge in [0, 0.05) is 13.0 Å². The van der Waals surface area contributed by atoms with Crippen LogP contribution >= 0.6 is 11.6 Å². The minimum absolute atomic E-state index is 0.0921. The van der Waals surface area contributed by atoms with E-state index < -0.39 is 72.0 Å². The molecule has 0 radical (unpaired) electrons. The molecule has 1 spiro atoms. The first-order chi connectivity index (χ1) is 21.3. The predicted molar refractivity (Wildman–Crippen MR) is 161 cm³/mol. The van der Waals surface area contributed by atoms with Crippen LogP contribution in [0.25, 0.3) is 0 Å². The lowest BCUT2D eigenvalue weighted by molar-refractivity contribution is -0.146. The summed E-state index contributed by atoms with van der Waals surface area (Å²) < 4.78 is 12.0. The van der Waals surface area contributed by atoms with Crippen molar-refractivity contribution < 1.29 is 33.8 Å². The van der Waals surface area contributed by atoms with Crippen molar-refractivity contribution in [2.24, 2.45) is 11.8 Å². The molecule has 2 aromatic rings. The number of carbonyl (C=O) groups excluding carboxylic acids is 4. The maximum absolute atomic E-state index is 14.7. The highest BCUT2D eigenvalue weighted by molar-refractivity contribution is 6.34. The smallest absolute Gasteiger partial charge is 0.306 e. The number of hydrogen-bond donors (Lipinski definition) is 2. The maximum Gasteiger partial charge on any atom is 0.306 e. The van der Waals surface area contributed by atoms with Gasteiger partial charge in [-0.05, 0) is 31.0 Å². The van der Waals surface area contributed by atoms with Gasteiger partial charge in [0.05, 0.1) is 47.3 Å². The van der Waals surface area contributed by atoms with Gasteiger partial charge in [-0.25, -0.2) is 0 Å². The second kappa shape index (κ2) is 12.2. The third-order valence-electron chi connectivity index (χ3n) is 8.90. The van der Waals surface area contributed by atoms with Gasteiger partial charge in [0.25, 0.3) is 5.91 Å². The highest BCUT2D eigenvalue weighted by Crippen LogP contribution is 2.56. The number of ether oxygens (including phenoxy) is 2. The summed E-state index contributed by atoms with van der Waals surface area (Å²) in [6.45, 7) is 1.27. The number of fused-ring (bicyclic) bond motifs is 2. The number of benzene rings is 2. The van der Waals surface area contributed by atoms with Crippen LogP contribution in [0.5, 0.6) is 0 Å². The van der Waals surface area contributed by atoms with Crippen molar-refractivity contribution in [3.63, 3.8) is 0 Å². The third-order valence-corrected chi connectivity index (χ3v) is 9.22. The minimum atomic E-state index is -1.43. The molecule has 44 heavy (non-hydrogen) atoms. The standard InChI is InChI=1S/C33H34ClN3O7/c1-20(18-38)37-29-32(42)36(24-13-8-7-12-22(24)34)17-9-3-6-14-26(39)43-19-23(21-10-4-2-5-11-21)35-30(40)27-25-15-16-33(29,44-25)28(27)31(37)41/h2-5,7-13,15-16,20,23,25,27-29,38H,6,14,17-19H2,1H3,(H,35,40)/b9-3-/t20-,23-,25-,27+,28+,29-,33+/m1/s1. The second-order valence-corrected chi connectivity index (χ2v) is 12.0. The van der Waals surface area contributed by atoms with Crippen molar-refractivity contribution in [3.8, 4) is 0 Å². The molecule has 4 heterocycles. The highest BCUT2D eigenvalue weighted by Gasteiger charge is 2.73. The van der Waals surface area contributed by atoms with Crippen molar-refractivity contribution >= 4 is 41.0 Å². The summed E-state index contributed by atoms with van der Waals surface area (Å²) in [4.78, 5) is 58.5. The zero-order valence-electron chi connectivity index (χ0n) is 24.2. The normalized spacial score (nSPS) is 31.9. The van der Waals surface area contributed by atoms with Crippen molar-refractivity contribution in [3.05, 3.63) is 89.5 Å². The molecule has 5 bridgehead atoms. The largest absolute Gasteiger partial charge is 0.463 e. The maximum atomic E-state index is 14.7. The topological polar surface area (TPSA) is 125 Å². The van der Waals surface area contributed by atoms with E-state index in [1.54, 1.807) is 55.5 Å². The second-order valence-electron chi connectivity index (χ2n) is 11.5. The molecular weight excluding hydrogens is 586 g/mol. The number of anilines is 1. The van der Waals surface area contributed by atoms with Crippen molar-refractivity contribution in [1.29, 1.82) is 0 Å². The Morgan fingerprint density at radius 1 is 1.05 bits per heavy atom. The molecular formula is C33H34ClN3O7. The van der Waals surface area contributed by atoms with Crippen LogP contribution in [0.2, 0.25) is 5.02 Å². The van der Waals surface area contributed by atoms with Gasteiger partial charge in [-0.3, -0.25) is 19.2 Å². The fraction of sp³-hybridized carbons (Fsp3) is 0.394. The summed E-state index contributed by atoms with van der Waals surface area (Å²) in [7, 11) is 0. The molecule has 6 rings (SSSR count). The summed E-state index contributed by atoms with van der Waals surface area (Å²) in [5.74, 6) is -3.76. The number of aliphatic hydroxyl groups is 1. The van der Waals surface area contributed by atoms with Crippen LogP contribution in [0.4, 0.5) is 5.69 Å². The van der Waals surface area contributed by atoms with E-state index in [0.29, 0.717) is 17.1 Å². The zero-order chi connectivity index (χ0) is 31.0. The molecule has 11 heteroatoms. The Bertz CT molecular complexity index is 1510. The number of halogens is 1. The average molecular weight is 620 g/mol. The van der Waals surface area contributed by atoms with E-state index in [0.717, 1.165) is 5.56 Å². The molecule has 4 aliphatic rings. The van der Waals surface area contributed by atoms with Crippen molar-refractivity contribution in [2.75, 3.05) is 24.7 Å². The van der Waals surface area contributed by atoms with E-state index >= 15 is 0 Å². The first kappa shape index (κ1) is 30.1. The molecule has 10 nitrogen and oxygen atoms in total. The molecule has 2 fully saturated rings. The minimum Gasteiger partial charge on any atom is -0.463 e. The van der Waals surface area contributed by atoms with E-state index in [9.17, 15) is 24.3 Å². The van der Waals surface area contributed by atoms with E-state index in [1.807, 2.05) is 30.3 Å². The fourth-order valence-electron chi connectivity index (χ4n) is 6.80. The lowest BCUT2D eigenvalue weighted by atomic mass is 9.74. The van der Waals surface area contributed by atoms with Crippen LogP contribution < -0.4 is 10.2 Å². The molecule has 0 saturated carbocycles. The van der Waals surface area contributed by atoms with Gasteiger partial charge >= 0.3 is 5.97 Å². The van der Waals surface area contributed by atoms with E-state index in [1.165, 1.54) is 9.80 Å². The van der Waals surface area contributed by atoms with Gasteiger partial charge in [0.15, 0.2) is 0 Å². The Labute approximate surface area is 260 Å². The predicted octanol–water partition coefficient (Wildman–Crippen LogP) is 2.96. The zero-order valence-corrected chi connectivity index (χ0v) is 24.9. The molecule has 7 atom stereocenters. The summed E-state index contributed by atoms with van der Waals surface area (Å²) in [6, 6.07) is 13.5. The summed E-state index contributed by atoms with van der Waals surface area (Å²) in [5, 5.41) is 13.5. The first-order valence-electron chi connectivity index (χ1n) is 14.8. The van der Waals surface area contributed by atoms with Crippen LogP contribution in [0.3, 0.4) is 0 Å². The lowest BCUT2D eigenvalue weighted by Crippen LogP contribution is -2.58.